The number of furan rings is 1. The van der Waals surface area contributed by atoms with Gasteiger partial charge < -0.3 is 19.2 Å². The molecule has 1 aromatic heterocycles. The van der Waals surface area contributed by atoms with Gasteiger partial charge in [0.15, 0.2) is 11.5 Å². The van der Waals surface area contributed by atoms with Gasteiger partial charge in [-0.2, -0.15) is 0 Å². The van der Waals surface area contributed by atoms with Crippen LogP contribution in [0.5, 0.6) is 11.5 Å². The maximum atomic E-state index is 12.6. The van der Waals surface area contributed by atoms with Crippen LogP contribution in [-0.4, -0.2) is 19.1 Å². The van der Waals surface area contributed by atoms with E-state index in [0.29, 0.717) is 36.0 Å². The number of carbonyl (C=O) groups is 1. The zero-order chi connectivity index (χ0) is 18.4. The Morgan fingerprint density at radius 3 is 2.36 bits per heavy atom. The number of ether oxygens (including phenoxy) is 2. The van der Waals surface area contributed by atoms with Gasteiger partial charge in [0, 0.05) is 0 Å². The molecule has 1 aromatic carbocycles. The molecule has 0 aliphatic heterocycles. The van der Waals surface area contributed by atoms with E-state index < -0.39 is 0 Å². The molecule has 5 nitrogen and oxygen atoms in total. The standard InChI is InChI=1S/C20H27NO4/c1-6-23-17-9-8-15(12-18(17)24-7-2)19(13(3)4)21-20(22)16-10-11-25-14(16)5/h8-13,19H,6-7H2,1-5H3,(H,21,22). The van der Waals surface area contributed by atoms with Gasteiger partial charge in [-0.05, 0) is 50.5 Å². The first-order valence-corrected chi connectivity index (χ1v) is 8.72. The second kappa shape index (κ2) is 8.60. The fourth-order valence-electron chi connectivity index (χ4n) is 2.74. The number of hydrogen-bond acceptors (Lipinski definition) is 4. The minimum atomic E-state index is -0.142. The van der Waals surface area contributed by atoms with Gasteiger partial charge in [-0.25, -0.2) is 0 Å². The third-order valence-electron chi connectivity index (χ3n) is 3.98. The Labute approximate surface area is 149 Å². The molecule has 0 aliphatic carbocycles. The lowest BCUT2D eigenvalue weighted by atomic mass is 9.95. The number of amides is 1. The SMILES string of the molecule is CCOc1ccc(C(NC(=O)c2ccoc2C)C(C)C)cc1OCC. The van der Waals surface area contributed by atoms with Crippen molar-refractivity contribution < 1.29 is 18.7 Å². The average Bonchev–Trinajstić information content (AvgIpc) is 3.00. The van der Waals surface area contributed by atoms with Crippen LogP contribution in [0.25, 0.3) is 0 Å². The minimum absolute atomic E-state index is 0.142. The lowest BCUT2D eigenvalue weighted by Gasteiger charge is -2.24. The number of carbonyl (C=O) groups excluding carboxylic acids is 1. The molecule has 0 radical (unpaired) electrons. The zero-order valence-electron chi connectivity index (χ0n) is 15.6. The van der Waals surface area contributed by atoms with E-state index in [-0.39, 0.29) is 17.9 Å². The molecule has 2 rings (SSSR count). The van der Waals surface area contributed by atoms with Crippen LogP contribution >= 0.6 is 0 Å². The summed E-state index contributed by atoms with van der Waals surface area (Å²) in [6, 6.07) is 7.36. The van der Waals surface area contributed by atoms with Crippen molar-refractivity contribution >= 4 is 5.91 Å². The van der Waals surface area contributed by atoms with Gasteiger partial charge in [-0.3, -0.25) is 4.79 Å². The second-order valence-electron chi connectivity index (χ2n) is 6.16. The molecule has 0 aliphatic rings. The number of aryl methyl sites for hydroxylation is 1. The molecular weight excluding hydrogens is 318 g/mol. The first-order chi connectivity index (χ1) is 12.0. The normalized spacial score (nSPS) is 12.1. The van der Waals surface area contributed by atoms with E-state index in [9.17, 15) is 4.79 Å². The van der Waals surface area contributed by atoms with Crippen LogP contribution in [0.4, 0.5) is 0 Å². The predicted octanol–water partition coefficient (Wildman–Crippen LogP) is 4.51. The molecule has 1 N–H and O–H groups in total. The summed E-state index contributed by atoms with van der Waals surface area (Å²) in [5.74, 6) is 2.09. The first kappa shape index (κ1) is 18.9. The molecule has 136 valence electrons. The van der Waals surface area contributed by atoms with Gasteiger partial charge in [0.05, 0.1) is 31.1 Å². The summed E-state index contributed by atoms with van der Waals surface area (Å²) in [6.45, 7) is 10.9. The van der Waals surface area contributed by atoms with Crippen LogP contribution in [0.3, 0.4) is 0 Å². The lowest BCUT2D eigenvalue weighted by Crippen LogP contribution is -2.31. The molecule has 0 bridgehead atoms. The Kier molecular flexibility index (Phi) is 6.51. The van der Waals surface area contributed by atoms with Crippen LogP contribution in [0.15, 0.2) is 34.9 Å². The fraction of sp³-hybridized carbons (Fsp3) is 0.450. The smallest absolute Gasteiger partial charge is 0.255 e. The van der Waals surface area contributed by atoms with E-state index in [2.05, 4.69) is 19.2 Å². The van der Waals surface area contributed by atoms with Crippen LogP contribution in [0, 0.1) is 12.8 Å². The van der Waals surface area contributed by atoms with Gasteiger partial charge in [-0.1, -0.05) is 19.9 Å². The van der Waals surface area contributed by atoms with Crippen molar-refractivity contribution in [2.75, 3.05) is 13.2 Å². The minimum Gasteiger partial charge on any atom is -0.490 e. The molecule has 1 heterocycles. The second-order valence-corrected chi connectivity index (χ2v) is 6.16. The monoisotopic (exact) mass is 345 g/mol. The summed E-state index contributed by atoms with van der Waals surface area (Å²) in [5, 5.41) is 3.10. The summed E-state index contributed by atoms with van der Waals surface area (Å²) in [6.07, 6.45) is 1.53. The highest BCUT2D eigenvalue weighted by atomic mass is 16.5. The zero-order valence-corrected chi connectivity index (χ0v) is 15.6. The Morgan fingerprint density at radius 2 is 1.80 bits per heavy atom. The van der Waals surface area contributed by atoms with Crippen LogP contribution < -0.4 is 14.8 Å². The molecular formula is C20H27NO4. The highest BCUT2D eigenvalue weighted by molar-refractivity contribution is 5.95. The molecule has 5 heteroatoms. The average molecular weight is 345 g/mol. The van der Waals surface area contributed by atoms with Gasteiger partial charge in [-0.15, -0.1) is 0 Å². The van der Waals surface area contributed by atoms with E-state index in [4.69, 9.17) is 13.9 Å². The van der Waals surface area contributed by atoms with Crippen molar-refractivity contribution in [3.8, 4) is 11.5 Å². The number of hydrogen-bond donors (Lipinski definition) is 1. The topological polar surface area (TPSA) is 60.7 Å². The lowest BCUT2D eigenvalue weighted by molar-refractivity contribution is 0.0924. The Balaban J connectivity index is 2.29. The van der Waals surface area contributed by atoms with Crippen molar-refractivity contribution in [2.24, 2.45) is 5.92 Å². The maximum Gasteiger partial charge on any atom is 0.255 e. The third kappa shape index (κ3) is 4.56. The largest absolute Gasteiger partial charge is 0.490 e. The molecule has 0 saturated heterocycles. The summed E-state index contributed by atoms with van der Waals surface area (Å²) in [4.78, 5) is 12.6. The Bertz CT molecular complexity index is 705. The molecule has 25 heavy (non-hydrogen) atoms. The first-order valence-electron chi connectivity index (χ1n) is 8.72. The predicted molar refractivity (Wildman–Crippen MR) is 97.3 cm³/mol. The van der Waals surface area contributed by atoms with Crippen molar-refractivity contribution in [1.29, 1.82) is 0 Å². The van der Waals surface area contributed by atoms with E-state index in [1.54, 1.807) is 13.0 Å². The highest BCUT2D eigenvalue weighted by Crippen LogP contribution is 2.33. The van der Waals surface area contributed by atoms with Gasteiger partial charge in [0.2, 0.25) is 0 Å². The van der Waals surface area contributed by atoms with Crippen LogP contribution in [-0.2, 0) is 0 Å². The van der Waals surface area contributed by atoms with Crippen LogP contribution in [0.2, 0.25) is 0 Å². The quantitative estimate of drug-likeness (QED) is 0.764. The third-order valence-corrected chi connectivity index (χ3v) is 3.98. The Morgan fingerprint density at radius 1 is 1.12 bits per heavy atom. The molecule has 1 unspecified atom stereocenters. The Hall–Kier alpha value is -2.43. The van der Waals surface area contributed by atoms with E-state index in [1.165, 1.54) is 6.26 Å². The summed E-state index contributed by atoms with van der Waals surface area (Å²) < 4.78 is 16.5. The summed E-state index contributed by atoms with van der Waals surface area (Å²) >= 11 is 0. The maximum absolute atomic E-state index is 12.6. The van der Waals surface area contributed by atoms with Gasteiger partial charge in [0.1, 0.15) is 5.76 Å². The molecule has 1 atom stereocenters. The summed E-state index contributed by atoms with van der Waals surface area (Å²) in [7, 11) is 0. The van der Waals surface area contributed by atoms with Crippen molar-refractivity contribution in [3.63, 3.8) is 0 Å². The van der Waals surface area contributed by atoms with Crippen LogP contribution in [0.1, 0.15) is 55.4 Å². The van der Waals surface area contributed by atoms with Gasteiger partial charge in [0.25, 0.3) is 5.91 Å². The number of benzene rings is 1. The van der Waals surface area contributed by atoms with Crippen molar-refractivity contribution in [2.45, 2.75) is 40.7 Å². The van der Waals surface area contributed by atoms with E-state index in [0.717, 1.165) is 5.56 Å². The fourth-order valence-corrected chi connectivity index (χ4v) is 2.74. The number of rotatable bonds is 8. The van der Waals surface area contributed by atoms with E-state index in [1.807, 2.05) is 32.0 Å². The van der Waals surface area contributed by atoms with E-state index >= 15 is 0 Å². The molecule has 1 amide bonds. The van der Waals surface area contributed by atoms with Crippen molar-refractivity contribution in [1.82, 2.24) is 5.32 Å². The van der Waals surface area contributed by atoms with Gasteiger partial charge >= 0.3 is 0 Å². The molecule has 0 fully saturated rings. The number of nitrogens with one attached hydrogen (secondary N) is 1. The molecule has 0 spiro atoms. The van der Waals surface area contributed by atoms with Crippen molar-refractivity contribution in [3.05, 3.63) is 47.4 Å². The summed E-state index contributed by atoms with van der Waals surface area (Å²) in [5.41, 5.74) is 1.54. The molecule has 2 aromatic rings. The highest BCUT2D eigenvalue weighted by Gasteiger charge is 2.22. The molecule has 0 saturated carbocycles.